The third-order valence-corrected chi connectivity index (χ3v) is 4.59. The topological polar surface area (TPSA) is 65.2 Å². The van der Waals surface area contributed by atoms with Gasteiger partial charge < -0.3 is 4.74 Å². The number of morpholine rings is 1. The van der Waals surface area contributed by atoms with E-state index in [-0.39, 0.29) is 17.7 Å². The molecule has 25 heavy (non-hydrogen) atoms. The predicted molar refractivity (Wildman–Crippen MR) is 94.7 cm³/mol. The largest absolute Gasteiger partial charge is 0.376 e. The van der Waals surface area contributed by atoms with E-state index in [1.807, 2.05) is 43.5 Å². The van der Waals surface area contributed by atoms with E-state index in [9.17, 15) is 4.79 Å². The number of ether oxygens (including phenoxy) is 1. The summed E-state index contributed by atoms with van der Waals surface area (Å²) in [5.41, 5.74) is 1.19. The molecule has 0 aliphatic carbocycles. The summed E-state index contributed by atoms with van der Waals surface area (Å²) in [6.45, 7) is 6.04. The molecule has 1 aliphatic rings. The first-order valence-corrected chi connectivity index (χ1v) is 8.48. The lowest BCUT2D eigenvalue weighted by Crippen LogP contribution is -2.49. The number of hydrogen-bond donors (Lipinski definition) is 0. The fraction of sp³-hybridized carbons (Fsp3) is 0.389. The molecule has 7 nitrogen and oxygen atoms in total. The molecule has 0 radical (unpaired) electrons. The smallest absolute Gasteiger partial charge is 0.296 e. The SMILES string of the molecule is CC1CN(Cn2ncc3cn(-c4ccccc4)nc3c2=O)C(C)CO1. The summed E-state index contributed by atoms with van der Waals surface area (Å²) in [7, 11) is 0. The molecule has 130 valence electrons. The molecule has 1 aliphatic heterocycles. The highest BCUT2D eigenvalue weighted by Gasteiger charge is 2.24. The molecule has 3 aromatic rings. The molecule has 0 spiro atoms. The van der Waals surface area contributed by atoms with Gasteiger partial charge in [-0.15, -0.1) is 0 Å². The molecular formula is C18H21N5O2. The van der Waals surface area contributed by atoms with E-state index in [0.29, 0.717) is 18.8 Å². The van der Waals surface area contributed by atoms with E-state index in [1.165, 1.54) is 4.68 Å². The van der Waals surface area contributed by atoms with Crippen LogP contribution in [0.5, 0.6) is 0 Å². The summed E-state index contributed by atoms with van der Waals surface area (Å²) < 4.78 is 8.85. The van der Waals surface area contributed by atoms with Crippen LogP contribution < -0.4 is 5.56 Å². The molecule has 2 atom stereocenters. The summed E-state index contributed by atoms with van der Waals surface area (Å²) in [5, 5.41) is 9.55. The second-order valence-electron chi connectivity index (χ2n) is 6.57. The normalized spacial score (nSPS) is 21.7. The Morgan fingerprint density at radius 2 is 2.04 bits per heavy atom. The van der Waals surface area contributed by atoms with Crippen LogP contribution in [0.15, 0.2) is 47.5 Å². The highest BCUT2D eigenvalue weighted by atomic mass is 16.5. The van der Waals surface area contributed by atoms with Crippen LogP contribution in [0.1, 0.15) is 13.8 Å². The molecule has 1 saturated heterocycles. The Morgan fingerprint density at radius 1 is 1.24 bits per heavy atom. The predicted octanol–water partition coefficient (Wildman–Crippen LogP) is 1.65. The van der Waals surface area contributed by atoms with Gasteiger partial charge in [0.15, 0.2) is 5.52 Å². The summed E-state index contributed by atoms with van der Waals surface area (Å²) in [4.78, 5) is 15.0. The maximum atomic E-state index is 12.8. The van der Waals surface area contributed by atoms with E-state index in [2.05, 4.69) is 22.0 Å². The van der Waals surface area contributed by atoms with Gasteiger partial charge in [-0.1, -0.05) is 18.2 Å². The van der Waals surface area contributed by atoms with E-state index < -0.39 is 0 Å². The molecule has 1 aromatic carbocycles. The van der Waals surface area contributed by atoms with Gasteiger partial charge in [0, 0.05) is 24.2 Å². The average molecular weight is 339 g/mol. The number of rotatable bonds is 3. The van der Waals surface area contributed by atoms with Crippen LogP contribution in [0.4, 0.5) is 0 Å². The molecule has 3 heterocycles. The average Bonchev–Trinajstić information content (AvgIpc) is 3.06. The quantitative estimate of drug-likeness (QED) is 0.726. The number of nitrogens with zero attached hydrogens (tertiary/aromatic N) is 5. The Kier molecular flexibility index (Phi) is 4.10. The van der Waals surface area contributed by atoms with E-state index >= 15 is 0 Å². The second kappa shape index (κ2) is 6.42. The highest BCUT2D eigenvalue weighted by molar-refractivity contribution is 5.76. The summed E-state index contributed by atoms with van der Waals surface area (Å²) in [5.74, 6) is 0. The first kappa shape index (κ1) is 16.0. The third kappa shape index (κ3) is 3.08. The van der Waals surface area contributed by atoms with Gasteiger partial charge in [0.05, 0.1) is 31.3 Å². The molecule has 4 rings (SSSR count). The van der Waals surface area contributed by atoms with E-state index in [1.54, 1.807) is 10.9 Å². The number of benzene rings is 1. The lowest BCUT2D eigenvalue weighted by atomic mass is 10.2. The Balaban J connectivity index is 1.67. The van der Waals surface area contributed by atoms with Crippen molar-refractivity contribution in [2.45, 2.75) is 32.7 Å². The van der Waals surface area contributed by atoms with Crippen LogP contribution in [0.2, 0.25) is 0 Å². The molecule has 7 heteroatoms. The van der Waals surface area contributed by atoms with Gasteiger partial charge in [0.2, 0.25) is 0 Å². The minimum atomic E-state index is -0.168. The number of fused-ring (bicyclic) bond motifs is 1. The van der Waals surface area contributed by atoms with Gasteiger partial charge in [-0.2, -0.15) is 10.2 Å². The molecule has 0 N–H and O–H groups in total. The number of aromatic nitrogens is 4. The van der Waals surface area contributed by atoms with Crippen molar-refractivity contribution in [1.29, 1.82) is 0 Å². The first-order valence-electron chi connectivity index (χ1n) is 8.48. The van der Waals surface area contributed by atoms with Crippen LogP contribution in [0.3, 0.4) is 0 Å². The van der Waals surface area contributed by atoms with Gasteiger partial charge in [-0.3, -0.25) is 9.69 Å². The Hall–Kier alpha value is -2.51. The van der Waals surface area contributed by atoms with E-state index in [4.69, 9.17) is 4.74 Å². The fourth-order valence-corrected chi connectivity index (χ4v) is 3.11. The molecule has 0 saturated carbocycles. The summed E-state index contributed by atoms with van der Waals surface area (Å²) >= 11 is 0. The van der Waals surface area contributed by atoms with Crippen molar-refractivity contribution in [2.24, 2.45) is 0 Å². The van der Waals surface area contributed by atoms with Crippen LogP contribution >= 0.6 is 0 Å². The fourth-order valence-electron chi connectivity index (χ4n) is 3.11. The van der Waals surface area contributed by atoms with Gasteiger partial charge in [-0.05, 0) is 26.0 Å². The van der Waals surface area contributed by atoms with Crippen molar-refractivity contribution in [3.8, 4) is 5.69 Å². The van der Waals surface area contributed by atoms with Crippen molar-refractivity contribution in [1.82, 2.24) is 24.5 Å². The molecular weight excluding hydrogens is 318 g/mol. The monoisotopic (exact) mass is 339 g/mol. The highest BCUT2D eigenvalue weighted by Crippen LogP contribution is 2.14. The summed E-state index contributed by atoms with van der Waals surface area (Å²) in [6, 6.07) is 10.00. The zero-order valence-electron chi connectivity index (χ0n) is 14.4. The third-order valence-electron chi connectivity index (χ3n) is 4.59. The van der Waals surface area contributed by atoms with Crippen molar-refractivity contribution >= 4 is 10.9 Å². The van der Waals surface area contributed by atoms with Gasteiger partial charge in [0.1, 0.15) is 0 Å². The Labute approximate surface area is 145 Å². The maximum absolute atomic E-state index is 12.8. The molecule has 2 aromatic heterocycles. The molecule has 1 fully saturated rings. The zero-order chi connectivity index (χ0) is 17.4. The van der Waals surface area contributed by atoms with Crippen molar-refractivity contribution in [2.75, 3.05) is 13.2 Å². The van der Waals surface area contributed by atoms with Crippen molar-refractivity contribution in [3.05, 3.63) is 53.1 Å². The van der Waals surface area contributed by atoms with Crippen LogP contribution in [-0.2, 0) is 11.4 Å². The van der Waals surface area contributed by atoms with Crippen LogP contribution in [-0.4, -0.2) is 49.8 Å². The lowest BCUT2D eigenvalue weighted by Gasteiger charge is -2.36. The minimum Gasteiger partial charge on any atom is -0.376 e. The molecule has 2 unspecified atom stereocenters. The van der Waals surface area contributed by atoms with Gasteiger partial charge >= 0.3 is 0 Å². The van der Waals surface area contributed by atoms with Crippen LogP contribution in [0, 0.1) is 0 Å². The lowest BCUT2D eigenvalue weighted by molar-refractivity contribution is -0.0627. The maximum Gasteiger partial charge on any atom is 0.296 e. The van der Waals surface area contributed by atoms with Gasteiger partial charge in [-0.25, -0.2) is 9.36 Å². The number of para-hydroxylation sites is 1. The van der Waals surface area contributed by atoms with E-state index in [0.717, 1.165) is 17.6 Å². The zero-order valence-corrected chi connectivity index (χ0v) is 14.4. The first-order chi connectivity index (χ1) is 12.1. The van der Waals surface area contributed by atoms with Crippen molar-refractivity contribution < 1.29 is 4.74 Å². The van der Waals surface area contributed by atoms with Gasteiger partial charge in [0.25, 0.3) is 5.56 Å². The second-order valence-corrected chi connectivity index (χ2v) is 6.57. The minimum absolute atomic E-state index is 0.160. The molecule has 0 bridgehead atoms. The molecule has 0 amide bonds. The Morgan fingerprint density at radius 3 is 2.84 bits per heavy atom. The summed E-state index contributed by atoms with van der Waals surface area (Å²) in [6.07, 6.45) is 3.70. The van der Waals surface area contributed by atoms with Crippen molar-refractivity contribution in [3.63, 3.8) is 0 Å². The number of hydrogen-bond acceptors (Lipinski definition) is 5. The van der Waals surface area contributed by atoms with Crippen LogP contribution in [0.25, 0.3) is 16.6 Å². The standard InChI is InChI=1S/C18H21N5O2/c1-13-11-25-14(2)9-21(13)12-23-18(24)17-15(8-19-23)10-22(20-17)16-6-4-3-5-7-16/h3-8,10,13-14H,9,11-12H2,1-2H3. The Bertz CT molecular complexity index is 934.